The van der Waals surface area contributed by atoms with E-state index >= 15 is 0 Å². The molecular weight excluding hydrogens is 218 g/mol. The van der Waals surface area contributed by atoms with E-state index in [4.69, 9.17) is 9.94 Å². The molecule has 0 aliphatic heterocycles. The van der Waals surface area contributed by atoms with Crippen LogP contribution in [0.4, 0.5) is 5.69 Å². The highest BCUT2D eigenvalue weighted by atomic mass is 16.5. The Morgan fingerprint density at radius 2 is 2.35 bits per heavy atom. The van der Waals surface area contributed by atoms with Crippen LogP contribution in [-0.4, -0.2) is 23.1 Å². The maximum atomic E-state index is 8.31. The first-order chi connectivity index (χ1) is 8.36. The molecule has 1 rings (SSSR count). The van der Waals surface area contributed by atoms with Crippen molar-refractivity contribution in [2.45, 2.75) is 6.92 Å². The summed E-state index contributed by atoms with van der Waals surface area (Å²) in [7, 11) is 0. The van der Waals surface area contributed by atoms with Gasteiger partial charge in [0.25, 0.3) is 0 Å². The van der Waals surface area contributed by atoms with Crippen LogP contribution in [0.3, 0.4) is 0 Å². The Morgan fingerprint density at radius 1 is 1.47 bits per heavy atom. The number of hydroxylamine groups is 1. The van der Waals surface area contributed by atoms with Gasteiger partial charge in [-0.05, 0) is 19.1 Å². The van der Waals surface area contributed by atoms with E-state index in [9.17, 15) is 0 Å². The second kappa shape index (κ2) is 8.06. The number of hydrogen-bond donors (Lipinski definition) is 2. The highest BCUT2D eigenvalue weighted by molar-refractivity contribution is 5.59. The second-order valence-electron chi connectivity index (χ2n) is 3.01. The van der Waals surface area contributed by atoms with Crippen LogP contribution in [0.2, 0.25) is 0 Å². The Morgan fingerprint density at radius 3 is 3.00 bits per heavy atom. The van der Waals surface area contributed by atoms with Crippen LogP contribution in [0.25, 0.3) is 0 Å². The van der Waals surface area contributed by atoms with Crippen molar-refractivity contribution in [1.82, 2.24) is 10.5 Å². The first kappa shape index (κ1) is 12.9. The maximum Gasteiger partial charge on any atom is 0.213 e. The quantitative estimate of drug-likeness (QED) is 0.342. The largest absolute Gasteiger partial charge is 0.473 e. The average Bonchev–Trinajstić information content (AvgIpc) is 2.37. The lowest BCUT2D eigenvalue weighted by molar-refractivity contribution is 0.240. The number of aliphatic imine (C=N–C) groups is 1. The van der Waals surface area contributed by atoms with Gasteiger partial charge >= 0.3 is 0 Å². The number of hydrogen-bond acceptors (Lipinski definition) is 4. The number of nitrogens with zero attached hydrogens (tertiary/aromatic N) is 2. The zero-order valence-corrected chi connectivity index (χ0v) is 9.58. The number of aromatic nitrogens is 1. The zero-order chi connectivity index (χ0) is 12.3. The van der Waals surface area contributed by atoms with E-state index in [2.05, 4.69) is 9.98 Å². The van der Waals surface area contributed by atoms with Gasteiger partial charge in [-0.3, -0.25) is 10.7 Å². The zero-order valence-electron chi connectivity index (χ0n) is 9.58. The molecular formula is C12H15N3O2. The molecule has 0 atom stereocenters. The molecule has 0 radical (unpaired) electrons. The number of ether oxygens (including phenoxy) is 1. The van der Waals surface area contributed by atoms with Gasteiger partial charge in [0, 0.05) is 6.07 Å². The predicted octanol–water partition coefficient (Wildman–Crippen LogP) is 2.23. The van der Waals surface area contributed by atoms with Crippen molar-refractivity contribution in [3.05, 3.63) is 42.6 Å². The van der Waals surface area contributed by atoms with Gasteiger partial charge in [-0.15, -0.1) is 0 Å². The summed E-state index contributed by atoms with van der Waals surface area (Å²) in [6, 6.07) is 3.46. The van der Waals surface area contributed by atoms with Crippen molar-refractivity contribution in [2.75, 3.05) is 6.61 Å². The molecule has 90 valence electrons. The molecule has 0 bridgehead atoms. The van der Waals surface area contributed by atoms with Gasteiger partial charge in [0.2, 0.25) is 5.88 Å². The standard InChI is InChI=1S/C12H15N3O2/c1-2-3-4-5-8-17-12-7-6-11(9-13-12)14-10-15-16/h2-7,9-10,16H,8H2,1H3,(H,14,15). The van der Waals surface area contributed by atoms with E-state index in [1.54, 1.807) is 18.3 Å². The first-order valence-electron chi connectivity index (χ1n) is 5.15. The molecule has 5 nitrogen and oxygen atoms in total. The van der Waals surface area contributed by atoms with Gasteiger partial charge in [0.1, 0.15) is 12.9 Å². The lowest BCUT2D eigenvalue weighted by Gasteiger charge is -2.01. The fourth-order valence-corrected chi connectivity index (χ4v) is 1.02. The number of pyridine rings is 1. The molecule has 0 unspecified atom stereocenters. The Bertz CT molecular complexity index is 397. The van der Waals surface area contributed by atoms with E-state index in [1.807, 2.05) is 36.7 Å². The van der Waals surface area contributed by atoms with E-state index in [-0.39, 0.29) is 0 Å². The van der Waals surface area contributed by atoms with Crippen molar-refractivity contribution in [3.8, 4) is 5.88 Å². The van der Waals surface area contributed by atoms with Gasteiger partial charge < -0.3 is 4.74 Å². The van der Waals surface area contributed by atoms with Crippen LogP contribution < -0.4 is 10.2 Å². The van der Waals surface area contributed by atoms with Crippen molar-refractivity contribution < 1.29 is 9.94 Å². The van der Waals surface area contributed by atoms with Crippen molar-refractivity contribution >= 4 is 12.0 Å². The minimum atomic E-state index is 0.470. The van der Waals surface area contributed by atoms with Gasteiger partial charge in [0.05, 0.1) is 11.9 Å². The van der Waals surface area contributed by atoms with Crippen molar-refractivity contribution in [1.29, 1.82) is 0 Å². The van der Waals surface area contributed by atoms with E-state index in [0.717, 1.165) is 6.34 Å². The van der Waals surface area contributed by atoms with Crippen LogP contribution in [-0.2, 0) is 0 Å². The Labute approximate surface area is 100 Å². The van der Waals surface area contributed by atoms with Crippen molar-refractivity contribution in [2.24, 2.45) is 4.99 Å². The number of nitrogens with one attached hydrogen (secondary N) is 1. The van der Waals surface area contributed by atoms with E-state index in [0.29, 0.717) is 18.2 Å². The fraction of sp³-hybridized carbons (Fsp3) is 0.167. The molecule has 5 heteroatoms. The van der Waals surface area contributed by atoms with Crippen LogP contribution in [0.15, 0.2) is 47.6 Å². The molecule has 0 aliphatic carbocycles. The molecule has 2 N–H and O–H groups in total. The predicted molar refractivity (Wildman–Crippen MR) is 66.8 cm³/mol. The summed E-state index contributed by atoms with van der Waals surface area (Å²) in [6.07, 6.45) is 10.4. The average molecular weight is 233 g/mol. The molecule has 1 aromatic rings. The van der Waals surface area contributed by atoms with Gasteiger partial charge in [0.15, 0.2) is 0 Å². The highest BCUT2D eigenvalue weighted by Crippen LogP contribution is 2.13. The summed E-state index contributed by atoms with van der Waals surface area (Å²) >= 11 is 0. The molecule has 1 aromatic heterocycles. The van der Waals surface area contributed by atoms with Crippen LogP contribution in [0.1, 0.15) is 6.92 Å². The first-order valence-corrected chi connectivity index (χ1v) is 5.15. The third-order valence-corrected chi connectivity index (χ3v) is 1.76. The highest BCUT2D eigenvalue weighted by Gasteiger charge is 1.93. The lowest BCUT2D eigenvalue weighted by Crippen LogP contribution is -2.01. The molecule has 0 saturated heterocycles. The molecule has 0 saturated carbocycles. The van der Waals surface area contributed by atoms with Crippen molar-refractivity contribution in [3.63, 3.8) is 0 Å². The maximum absolute atomic E-state index is 8.31. The Balaban J connectivity index is 2.42. The van der Waals surface area contributed by atoms with E-state index < -0.39 is 0 Å². The van der Waals surface area contributed by atoms with Gasteiger partial charge in [-0.2, -0.15) is 0 Å². The molecule has 0 amide bonds. The SMILES string of the molecule is CC=CC=CCOc1ccc(N=CNO)cn1. The molecule has 0 aliphatic rings. The molecule has 17 heavy (non-hydrogen) atoms. The number of allylic oxidation sites excluding steroid dienone is 3. The van der Waals surface area contributed by atoms with Crippen LogP contribution >= 0.6 is 0 Å². The van der Waals surface area contributed by atoms with Gasteiger partial charge in [-0.1, -0.05) is 18.2 Å². The smallest absolute Gasteiger partial charge is 0.213 e. The summed E-state index contributed by atoms with van der Waals surface area (Å²) in [5.41, 5.74) is 2.45. The summed E-state index contributed by atoms with van der Waals surface area (Å²) in [5.74, 6) is 0.533. The summed E-state index contributed by atoms with van der Waals surface area (Å²) in [6.45, 7) is 2.42. The third-order valence-electron chi connectivity index (χ3n) is 1.76. The molecule has 0 fully saturated rings. The van der Waals surface area contributed by atoms with Crippen LogP contribution in [0, 0.1) is 0 Å². The normalized spacial score (nSPS) is 11.6. The minimum Gasteiger partial charge on any atom is -0.473 e. The molecule has 1 heterocycles. The van der Waals surface area contributed by atoms with E-state index in [1.165, 1.54) is 0 Å². The van der Waals surface area contributed by atoms with Crippen LogP contribution in [0.5, 0.6) is 5.88 Å². The lowest BCUT2D eigenvalue weighted by atomic mass is 10.4. The summed E-state index contributed by atoms with van der Waals surface area (Å²) < 4.78 is 5.36. The molecule has 0 aromatic carbocycles. The fourth-order valence-electron chi connectivity index (χ4n) is 1.02. The topological polar surface area (TPSA) is 66.7 Å². The Kier molecular flexibility index (Phi) is 6.13. The van der Waals surface area contributed by atoms with Gasteiger partial charge in [-0.25, -0.2) is 9.98 Å². The summed E-state index contributed by atoms with van der Waals surface area (Å²) in [5, 5.41) is 8.31. The Hall–Kier alpha value is -2.14. The minimum absolute atomic E-state index is 0.470. The monoisotopic (exact) mass is 233 g/mol. The summed E-state index contributed by atoms with van der Waals surface area (Å²) in [4.78, 5) is 7.91. The second-order valence-corrected chi connectivity index (χ2v) is 3.01. The molecule has 0 spiro atoms. The third kappa shape index (κ3) is 5.48. The number of rotatable bonds is 6.